The largest absolute Gasteiger partial charge is 0.489 e. The van der Waals surface area contributed by atoms with Crippen molar-refractivity contribution in [1.29, 1.82) is 0 Å². The van der Waals surface area contributed by atoms with Crippen molar-refractivity contribution < 1.29 is 24.0 Å². The van der Waals surface area contributed by atoms with Gasteiger partial charge in [-0.3, -0.25) is 24.6 Å². The molecule has 0 unspecified atom stereocenters. The zero-order valence-electron chi connectivity index (χ0n) is 16.8. The number of rotatable bonds is 7. The van der Waals surface area contributed by atoms with Gasteiger partial charge in [-0.1, -0.05) is 24.3 Å². The van der Waals surface area contributed by atoms with E-state index >= 15 is 0 Å². The molecule has 3 rings (SSSR count). The minimum atomic E-state index is -0.513. The smallest absolute Gasteiger partial charge is 0.325 e. The van der Waals surface area contributed by atoms with E-state index in [9.17, 15) is 19.7 Å². The lowest BCUT2D eigenvalue weighted by Gasteiger charge is -2.16. The molecule has 0 bridgehead atoms. The van der Waals surface area contributed by atoms with Crippen molar-refractivity contribution in [3.63, 3.8) is 0 Å². The predicted octanol–water partition coefficient (Wildman–Crippen LogP) is 2.75. The van der Waals surface area contributed by atoms with Gasteiger partial charge in [0.25, 0.3) is 11.6 Å². The minimum Gasteiger partial charge on any atom is -0.489 e. The van der Waals surface area contributed by atoms with Crippen LogP contribution in [0.15, 0.2) is 54.2 Å². The van der Waals surface area contributed by atoms with Crippen LogP contribution in [-0.2, 0) is 20.9 Å². The van der Waals surface area contributed by atoms with Gasteiger partial charge < -0.3 is 14.4 Å². The van der Waals surface area contributed by atoms with Crippen molar-refractivity contribution >= 4 is 41.0 Å². The van der Waals surface area contributed by atoms with Crippen molar-refractivity contribution in [2.75, 3.05) is 20.7 Å². The number of thiocarbonyl (C=S) groups is 1. The molecule has 160 valence electrons. The summed E-state index contributed by atoms with van der Waals surface area (Å²) in [4.78, 5) is 37.3. The molecule has 10 heteroatoms. The lowest BCUT2D eigenvalue weighted by atomic mass is 10.1. The molecule has 0 saturated carbocycles. The zero-order chi connectivity index (χ0) is 22.5. The summed E-state index contributed by atoms with van der Waals surface area (Å²) in [6.45, 7) is 0.00816. The topological polar surface area (TPSA) is 102 Å². The molecule has 0 aromatic heterocycles. The highest BCUT2D eigenvalue weighted by Gasteiger charge is 2.36. The van der Waals surface area contributed by atoms with Crippen LogP contribution in [0.25, 0.3) is 6.08 Å². The van der Waals surface area contributed by atoms with Crippen LogP contribution in [0.2, 0.25) is 0 Å². The van der Waals surface area contributed by atoms with Gasteiger partial charge in [-0.2, -0.15) is 0 Å². The molecular formula is C21H19N3O6S. The average Bonchev–Trinajstić information content (AvgIpc) is 2.97. The van der Waals surface area contributed by atoms with Crippen LogP contribution in [0, 0.1) is 10.1 Å². The number of amides is 1. The van der Waals surface area contributed by atoms with Gasteiger partial charge in [0, 0.05) is 19.2 Å². The monoisotopic (exact) mass is 441 g/mol. The number of carbonyl (C=O) groups excluding carboxylic acids is 2. The molecule has 1 aliphatic heterocycles. The van der Waals surface area contributed by atoms with Gasteiger partial charge in [0.1, 0.15) is 24.6 Å². The maximum absolute atomic E-state index is 12.5. The summed E-state index contributed by atoms with van der Waals surface area (Å²) in [6, 6.07) is 13.2. The molecule has 0 aliphatic carbocycles. The number of carbonyl (C=O) groups is 2. The van der Waals surface area contributed by atoms with Gasteiger partial charge in [-0.15, -0.1) is 0 Å². The fourth-order valence-corrected chi connectivity index (χ4v) is 3.13. The quantitative estimate of drug-likeness (QED) is 0.213. The molecule has 1 saturated heterocycles. The van der Waals surface area contributed by atoms with Gasteiger partial charge in [0.2, 0.25) is 0 Å². The van der Waals surface area contributed by atoms with Gasteiger partial charge in [-0.25, -0.2) is 0 Å². The van der Waals surface area contributed by atoms with Crippen LogP contribution in [-0.4, -0.2) is 52.4 Å². The Bertz CT molecular complexity index is 1070. The molecule has 9 nitrogen and oxygen atoms in total. The highest BCUT2D eigenvalue weighted by Crippen LogP contribution is 2.24. The van der Waals surface area contributed by atoms with Crippen LogP contribution in [0.5, 0.6) is 5.75 Å². The van der Waals surface area contributed by atoms with Crippen LogP contribution in [0.1, 0.15) is 11.1 Å². The Morgan fingerprint density at radius 1 is 1.23 bits per heavy atom. The number of nitro benzene ring substituents is 1. The van der Waals surface area contributed by atoms with Crippen molar-refractivity contribution in [2.24, 2.45) is 0 Å². The summed E-state index contributed by atoms with van der Waals surface area (Å²) in [7, 11) is 2.81. The Labute approximate surface area is 183 Å². The number of nitrogens with zero attached hydrogens (tertiary/aromatic N) is 3. The van der Waals surface area contributed by atoms with Gasteiger partial charge in [0.15, 0.2) is 5.11 Å². The lowest BCUT2D eigenvalue weighted by Crippen LogP contribution is -2.33. The van der Waals surface area contributed by atoms with Crippen LogP contribution >= 0.6 is 12.2 Å². The maximum Gasteiger partial charge on any atom is 0.325 e. The molecule has 2 aromatic carbocycles. The summed E-state index contributed by atoms with van der Waals surface area (Å²) in [6.07, 6.45) is 1.63. The molecule has 31 heavy (non-hydrogen) atoms. The van der Waals surface area contributed by atoms with E-state index < -0.39 is 10.9 Å². The van der Waals surface area contributed by atoms with Crippen molar-refractivity contribution in [2.45, 2.75) is 6.61 Å². The Morgan fingerprint density at radius 2 is 1.94 bits per heavy atom. The molecule has 0 radical (unpaired) electrons. The van der Waals surface area contributed by atoms with Crippen molar-refractivity contribution in [3.05, 3.63) is 75.5 Å². The Hall–Kier alpha value is -3.79. The summed E-state index contributed by atoms with van der Waals surface area (Å²) < 4.78 is 10.4. The number of non-ortho nitro benzene ring substituents is 1. The molecule has 2 aromatic rings. The van der Waals surface area contributed by atoms with Crippen molar-refractivity contribution in [1.82, 2.24) is 9.80 Å². The molecule has 1 heterocycles. The highest BCUT2D eigenvalue weighted by molar-refractivity contribution is 7.80. The van der Waals surface area contributed by atoms with Gasteiger partial charge in [-0.05, 0) is 41.6 Å². The molecule has 1 aliphatic rings. The van der Waals surface area contributed by atoms with Crippen LogP contribution in [0.3, 0.4) is 0 Å². The van der Waals surface area contributed by atoms with E-state index in [1.54, 1.807) is 49.5 Å². The molecular weight excluding hydrogens is 422 g/mol. The first-order chi connectivity index (χ1) is 14.8. The molecule has 0 N–H and O–H groups in total. The number of esters is 1. The van der Waals surface area contributed by atoms with E-state index in [0.717, 1.165) is 0 Å². The second-order valence-electron chi connectivity index (χ2n) is 6.62. The Kier molecular flexibility index (Phi) is 6.61. The molecule has 1 amide bonds. The van der Waals surface area contributed by atoms with E-state index in [1.807, 2.05) is 0 Å². The number of hydrogen-bond acceptors (Lipinski definition) is 7. The second-order valence-corrected chi connectivity index (χ2v) is 6.99. The fraction of sp³-hybridized carbons (Fsp3) is 0.190. The maximum atomic E-state index is 12.5. The number of ether oxygens (including phenoxy) is 2. The highest BCUT2D eigenvalue weighted by atomic mass is 32.1. The van der Waals surface area contributed by atoms with E-state index in [2.05, 4.69) is 4.74 Å². The van der Waals surface area contributed by atoms with E-state index in [-0.39, 0.29) is 35.6 Å². The Balaban J connectivity index is 1.73. The van der Waals surface area contributed by atoms with Gasteiger partial charge in [0.05, 0.1) is 12.0 Å². The van der Waals surface area contributed by atoms with Crippen LogP contribution < -0.4 is 4.74 Å². The molecule has 0 spiro atoms. The lowest BCUT2D eigenvalue weighted by molar-refractivity contribution is -0.384. The van der Waals surface area contributed by atoms with Crippen LogP contribution in [0.4, 0.5) is 5.69 Å². The predicted molar refractivity (Wildman–Crippen MR) is 116 cm³/mol. The third kappa shape index (κ3) is 5.04. The zero-order valence-corrected chi connectivity index (χ0v) is 17.6. The SMILES string of the molecule is COC(=O)CN1C(=S)N(C)C(=O)C1=Cc1ccc(OCc2cccc([N+](=O)[O-])c2)cc1. The summed E-state index contributed by atoms with van der Waals surface area (Å²) in [5.41, 5.74) is 1.65. The summed E-state index contributed by atoms with van der Waals surface area (Å²) in [5, 5.41) is 11.1. The first-order valence-electron chi connectivity index (χ1n) is 9.14. The third-order valence-corrected chi connectivity index (χ3v) is 5.05. The number of likely N-dealkylation sites (N-methyl/N-ethyl adjacent to an activating group) is 1. The standard InChI is InChI=1S/C21H19N3O6S/c1-22-20(26)18(23(21(22)31)12-19(25)29-2)11-14-6-8-17(9-7-14)30-13-15-4-3-5-16(10-15)24(27)28/h3-11H,12-13H2,1-2H3. The number of hydrogen-bond donors (Lipinski definition) is 0. The molecule has 1 fully saturated rings. The second kappa shape index (κ2) is 9.35. The summed E-state index contributed by atoms with van der Waals surface area (Å²) in [5.74, 6) is -0.272. The summed E-state index contributed by atoms with van der Waals surface area (Å²) >= 11 is 5.25. The van der Waals surface area contributed by atoms with Crippen molar-refractivity contribution in [3.8, 4) is 5.75 Å². The Morgan fingerprint density at radius 3 is 2.58 bits per heavy atom. The number of methoxy groups -OCH3 is 1. The third-order valence-electron chi connectivity index (χ3n) is 4.56. The van der Waals surface area contributed by atoms with E-state index in [4.69, 9.17) is 17.0 Å². The minimum absolute atomic E-state index is 0.00342. The first-order valence-corrected chi connectivity index (χ1v) is 9.55. The molecule has 0 atom stereocenters. The van der Waals surface area contributed by atoms with E-state index in [1.165, 1.54) is 29.0 Å². The normalized spacial score (nSPS) is 14.8. The van der Waals surface area contributed by atoms with Gasteiger partial charge >= 0.3 is 5.97 Å². The first kappa shape index (κ1) is 21.9. The number of benzene rings is 2. The van der Waals surface area contributed by atoms with E-state index in [0.29, 0.717) is 16.9 Å². The number of nitro groups is 1. The fourth-order valence-electron chi connectivity index (χ4n) is 2.89. The average molecular weight is 441 g/mol.